The van der Waals surface area contributed by atoms with Crippen LogP contribution in [-0.2, 0) is 4.74 Å². The first-order chi connectivity index (χ1) is 9.85. The maximum Gasteiger partial charge on any atom is 0.0644 e. The monoisotopic (exact) mass is 275 g/mol. The van der Waals surface area contributed by atoms with E-state index in [-0.39, 0.29) is 0 Å². The number of hydrogen-bond donors (Lipinski definition) is 0. The van der Waals surface area contributed by atoms with Crippen molar-refractivity contribution in [1.82, 2.24) is 4.90 Å². The van der Waals surface area contributed by atoms with Crippen molar-refractivity contribution in [3.8, 4) is 0 Å². The second-order valence-corrected chi connectivity index (χ2v) is 5.74. The normalized spacial score (nSPS) is 23.1. The van der Waals surface area contributed by atoms with Gasteiger partial charge in [-0.25, -0.2) is 0 Å². The third kappa shape index (κ3) is 4.32. The highest BCUT2D eigenvalue weighted by molar-refractivity contribution is 5.21. The van der Waals surface area contributed by atoms with E-state index in [9.17, 15) is 0 Å². The van der Waals surface area contributed by atoms with Crippen LogP contribution in [0.3, 0.4) is 0 Å². The van der Waals surface area contributed by atoms with Crippen molar-refractivity contribution in [2.75, 3.05) is 26.2 Å². The standard InChI is InChI=1S/C18H29NO/c1-3-19(4-2)14-15-20-18-13-9-8-12-17(18)16-10-6-5-7-11-16/h5-7,10-11,17-18H,3-4,8-9,12-15H2,1-2H3/t17-,18+/m0/s1. The van der Waals surface area contributed by atoms with Crippen molar-refractivity contribution >= 4 is 0 Å². The summed E-state index contributed by atoms with van der Waals surface area (Å²) in [5.74, 6) is 0.599. The summed E-state index contributed by atoms with van der Waals surface area (Å²) in [6, 6.07) is 10.9. The number of rotatable bonds is 7. The van der Waals surface area contributed by atoms with Gasteiger partial charge >= 0.3 is 0 Å². The van der Waals surface area contributed by atoms with Crippen LogP contribution in [0.15, 0.2) is 30.3 Å². The van der Waals surface area contributed by atoms with Gasteiger partial charge in [0, 0.05) is 12.5 Å². The molecular formula is C18H29NO. The molecule has 0 amide bonds. The van der Waals surface area contributed by atoms with Crippen molar-refractivity contribution in [2.45, 2.75) is 51.6 Å². The molecule has 2 rings (SSSR count). The van der Waals surface area contributed by atoms with Crippen molar-refractivity contribution in [1.29, 1.82) is 0 Å². The van der Waals surface area contributed by atoms with E-state index in [1.54, 1.807) is 0 Å². The fraction of sp³-hybridized carbons (Fsp3) is 0.667. The maximum absolute atomic E-state index is 6.24. The second-order valence-electron chi connectivity index (χ2n) is 5.74. The topological polar surface area (TPSA) is 12.5 Å². The molecule has 0 bridgehead atoms. The Bertz CT molecular complexity index is 361. The van der Waals surface area contributed by atoms with Crippen LogP contribution in [0.25, 0.3) is 0 Å². The quantitative estimate of drug-likeness (QED) is 0.743. The SMILES string of the molecule is CCN(CC)CCO[C@@H]1CCCC[C@H]1c1ccccc1. The molecule has 0 N–H and O–H groups in total. The third-order valence-electron chi connectivity index (χ3n) is 4.56. The maximum atomic E-state index is 6.24. The van der Waals surface area contributed by atoms with Crippen molar-refractivity contribution in [3.05, 3.63) is 35.9 Å². The van der Waals surface area contributed by atoms with E-state index in [4.69, 9.17) is 4.74 Å². The zero-order valence-corrected chi connectivity index (χ0v) is 13.1. The lowest BCUT2D eigenvalue weighted by Crippen LogP contribution is -2.32. The Morgan fingerprint density at radius 1 is 1.05 bits per heavy atom. The smallest absolute Gasteiger partial charge is 0.0644 e. The van der Waals surface area contributed by atoms with Gasteiger partial charge in [-0.05, 0) is 31.5 Å². The van der Waals surface area contributed by atoms with Gasteiger partial charge in [0.2, 0.25) is 0 Å². The van der Waals surface area contributed by atoms with Crippen LogP contribution in [-0.4, -0.2) is 37.2 Å². The molecule has 0 saturated heterocycles. The number of ether oxygens (including phenoxy) is 1. The fourth-order valence-electron chi connectivity index (χ4n) is 3.25. The molecule has 1 saturated carbocycles. The summed E-state index contributed by atoms with van der Waals surface area (Å²) in [6.45, 7) is 8.60. The lowest BCUT2D eigenvalue weighted by atomic mass is 9.81. The van der Waals surface area contributed by atoms with E-state index in [1.807, 2.05) is 0 Å². The van der Waals surface area contributed by atoms with Gasteiger partial charge in [-0.15, -0.1) is 0 Å². The molecule has 112 valence electrons. The molecule has 0 radical (unpaired) electrons. The lowest BCUT2D eigenvalue weighted by molar-refractivity contribution is 0.00350. The van der Waals surface area contributed by atoms with Crippen LogP contribution in [0.2, 0.25) is 0 Å². The number of hydrogen-bond acceptors (Lipinski definition) is 2. The Kier molecular flexibility index (Phi) is 6.55. The average Bonchev–Trinajstić information content (AvgIpc) is 2.53. The van der Waals surface area contributed by atoms with Gasteiger partial charge < -0.3 is 9.64 Å². The Morgan fingerprint density at radius 3 is 2.45 bits per heavy atom. The molecule has 2 heteroatoms. The molecule has 1 aromatic rings. The Balaban J connectivity index is 1.87. The average molecular weight is 275 g/mol. The van der Waals surface area contributed by atoms with Crippen LogP contribution in [0.1, 0.15) is 51.0 Å². The fourth-order valence-corrected chi connectivity index (χ4v) is 3.25. The van der Waals surface area contributed by atoms with Gasteiger partial charge in [0.05, 0.1) is 12.7 Å². The van der Waals surface area contributed by atoms with Crippen molar-refractivity contribution < 1.29 is 4.74 Å². The summed E-state index contributed by atoms with van der Waals surface area (Å²) in [5.41, 5.74) is 1.46. The van der Waals surface area contributed by atoms with Crippen LogP contribution in [0.5, 0.6) is 0 Å². The molecule has 2 atom stereocenters. The minimum atomic E-state index is 0.418. The Labute approximate surface area is 124 Å². The number of benzene rings is 1. The predicted molar refractivity (Wildman–Crippen MR) is 85.2 cm³/mol. The van der Waals surface area contributed by atoms with E-state index in [1.165, 1.54) is 31.2 Å². The second kappa shape index (κ2) is 8.43. The van der Waals surface area contributed by atoms with Gasteiger partial charge in [0.25, 0.3) is 0 Å². The summed E-state index contributed by atoms with van der Waals surface area (Å²) in [6.07, 6.45) is 5.58. The lowest BCUT2D eigenvalue weighted by Gasteiger charge is -2.32. The Hall–Kier alpha value is -0.860. The summed E-state index contributed by atoms with van der Waals surface area (Å²) >= 11 is 0. The highest BCUT2D eigenvalue weighted by Gasteiger charge is 2.26. The van der Waals surface area contributed by atoms with Crippen LogP contribution in [0, 0.1) is 0 Å². The summed E-state index contributed by atoms with van der Waals surface area (Å²) < 4.78 is 6.24. The summed E-state index contributed by atoms with van der Waals surface area (Å²) in [4.78, 5) is 2.43. The molecule has 0 unspecified atom stereocenters. The van der Waals surface area contributed by atoms with E-state index in [2.05, 4.69) is 49.1 Å². The molecule has 1 fully saturated rings. The van der Waals surface area contributed by atoms with Crippen molar-refractivity contribution in [3.63, 3.8) is 0 Å². The molecular weight excluding hydrogens is 246 g/mol. The predicted octanol–water partition coefficient (Wildman–Crippen LogP) is 4.07. The molecule has 1 aliphatic rings. The van der Waals surface area contributed by atoms with E-state index < -0.39 is 0 Å². The number of likely N-dealkylation sites (N-methyl/N-ethyl adjacent to an activating group) is 1. The van der Waals surface area contributed by atoms with E-state index >= 15 is 0 Å². The highest BCUT2D eigenvalue weighted by Crippen LogP contribution is 2.34. The molecule has 1 aliphatic carbocycles. The van der Waals surface area contributed by atoms with Gasteiger partial charge in [0.15, 0.2) is 0 Å². The summed E-state index contributed by atoms with van der Waals surface area (Å²) in [7, 11) is 0. The third-order valence-corrected chi connectivity index (χ3v) is 4.56. The van der Waals surface area contributed by atoms with Gasteiger partial charge in [-0.3, -0.25) is 0 Å². The summed E-state index contributed by atoms with van der Waals surface area (Å²) in [5, 5.41) is 0. The van der Waals surface area contributed by atoms with Gasteiger partial charge in [0.1, 0.15) is 0 Å². The minimum absolute atomic E-state index is 0.418. The Morgan fingerprint density at radius 2 is 1.75 bits per heavy atom. The van der Waals surface area contributed by atoms with Crippen LogP contribution in [0.4, 0.5) is 0 Å². The number of nitrogens with zero attached hydrogens (tertiary/aromatic N) is 1. The highest BCUT2D eigenvalue weighted by atomic mass is 16.5. The largest absolute Gasteiger partial charge is 0.376 e. The minimum Gasteiger partial charge on any atom is -0.376 e. The molecule has 0 aromatic heterocycles. The molecule has 1 aromatic carbocycles. The molecule has 0 spiro atoms. The molecule has 0 heterocycles. The van der Waals surface area contributed by atoms with Crippen LogP contribution >= 0.6 is 0 Å². The van der Waals surface area contributed by atoms with E-state index in [0.29, 0.717) is 12.0 Å². The first-order valence-electron chi connectivity index (χ1n) is 8.24. The van der Waals surface area contributed by atoms with Gasteiger partial charge in [-0.1, -0.05) is 57.0 Å². The first kappa shape index (κ1) is 15.5. The zero-order valence-electron chi connectivity index (χ0n) is 13.1. The molecule has 2 nitrogen and oxygen atoms in total. The van der Waals surface area contributed by atoms with Crippen molar-refractivity contribution in [2.24, 2.45) is 0 Å². The molecule has 20 heavy (non-hydrogen) atoms. The van der Waals surface area contributed by atoms with E-state index in [0.717, 1.165) is 26.2 Å². The molecule has 0 aliphatic heterocycles. The van der Waals surface area contributed by atoms with Gasteiger partial charge in [-0.2, -0.15) is 0 Å². The zero-order chi connectivity index (χ0) is 14.2. The van der Waals surface area contributed by atoms with Crippen LogP contribution < -0.4 is 0 Å². The first-order valence-corrected chi connectivity index (χ1v) is 8.24.